The maximum absolute atomic E-state index is 13.9. The summed E-state index contributed by atoms with van der Waals surface area (Å²) in [6.45, 7) is 9.57. The number of hydrogen-bond donors (Lipinski definition) is 0. The second-order valence-electron chi connectivity index (χ2n) is 9.50. The number of carbonyl (C=O) groups excluding carboxylic acids is 2. The Bertz CT molecular complexity index is 1000. The second-order valence-corrected chi connectivity index (χ2v) is 9.50. The Hall–Kier alpha value is -2.67. The number of hydrogen-bond acceptors (Lipinski definition) is 5. The van der Waals surface area contributed by atoms with Crippen LogP contribution in [0.25, 0.3) is 0 Å². The van der Waals surface area contributed by atoms with Crippen molar-refractivity contribution in [2.45, 2.75) is 57.7 Å². The lowest BCUT2D eigenvalue weighted by Crippen LogP contribution is -2.77. The molecule has 164 valence electrons. The van der Waals surface area contributed by atoms with Crippen molar-refractivity contribution in [1.82, 2.24) is 19.9 Å². The quantitative estimate of drug-likeness (QED) is 0.758. The first-order valence-corrected chi connectivity index (χ1v) is 11.3. The third kappa shape index (κ3) is 3.17. The summed E-state index contributed by atoms with van der Waals surface area (Å²) in [6, 6.07) is 9.65. The molecule has 31 heavy (non-hydrogen) atoms. The van der Waals surface area contributed by atoms with Crippen molar-refractivity contribution in [2.24, 2.45) is 0 Å². The molecule has 1 aromatic heterocycles. The molecule has 0 bridgehead atoms. The molecule has 2 saturated heterocycles. The van der Waals surface area contributed by atoms with Crippen LogP contribution in [0.5, 0.6) is 0 Å². The highest BCUT2D eigenvalue weighted by atomic mass is 16.5. The van der Waals surface area contributed by atoms with Gasteiger partial charge in [-0.05, 0) is 45.2 Å². The summed E-state index contributed by atoms with van der Waals surface area (Å²) in [5, 5.41) is 4.12. The van der Waals surface area contributed by atoms with Gasteiger partial charge in [-0.15, -0.1) is 0 Å². The Kier molecular flexibility index (Phi) is 4.88. The molecule has 2 aromatic rings. The molecule has 1 spiro atoms. The number of fused-ring (bicyclic) bond motifs is 1. The number of benzene rings is 1. The molecule has 3 aliphatic rings. The highest BCUT2D eigenvalue weighted by Crippen LogP contribution is 2.48. The van der Waals surface area contributed by atoms with E-state index in [4.69, 9.17) is 4.52 Å². The smallest absolute Gasteiger partial charge is 0.254 e. The topological polar surface area (TPSA) is 69.9 Å². The lowest BCUT2D eigenvalue weighted by molar-refractivity contribution is -0.144. The van der Waals surface area contributed by atoms with Crippen LogP contribution in [0.4, 0.5) is 0 Å². The van der Waals surface area contributed by atoms with Gasteiger partial charge in [0.1, 0.15) is 5.76 Å². The van der Waals surface area contributed by atoms with Gasteiger partial charge in [0.15, 0.2) is 0 Å². The van der Waals surface area contributed by atoms with Crippen molar-refractivity contribution < 1.29 is 14.1 Å². The molecular formula is C24H30N4O3. The summed E-state index contributed by atoms with van der Waals surface area (Å²) in [4.78, 5) is 33.7. The van der Waals surface area contributed by atoms with Crippen LogP contribution in [0.2, 0.25) is 0 Å². The van der Waals surface area contributed by atoms with Crippen molar-refractivity contribution in [3.8, 4) is 0 Å². The van der Waals surface area contributed by atoms with Crippen molar-refractivity contribution in [1.29, 1.82) is 0 Å². The average molecular weight is 423 g/mol. The Balaban J connectivity index is 1.54. The molecule has 3 aliphatic heterocycles. The number of aromatic nitrogens is 1. The lowest BCUT2D eigenvalue weighted by Gasteiger charge is -2.62. The van der Waals surface area contributed by atoms with Gasteiger partial charge in [-0.3, -0.25) is 14.5 Å². The molecule has 0 aliphatic carbocycles. The first-order valence-electron chi connectivity index (χ1n) is 11.3. The van der Waals surface area contributed by atoms with Crippen LogP contribution >= 0.6 is 0 Å². The van der Waals surface area contributed by atoms with E-state index >= 15 is 0 Å². The van der Waals surface area contributed by atoms with E-state index in [0.717, 1.165) is 42.9 Å². The number of aryl methyl sites for hydroxylation is 1. The van der Waals surface area contributed by atoms with E-state index in [2.05, 4.69) is 23.9 Å². The van der Waals surface area contributed by atoms with E-state index in [9.17, 15) is 9.59 Å². The predicted molar refractivity (Wildman–Crippen MR) is 116 cm³/mol. The van der Waals surface area contributed by atoms with Crippen molar-refractivity contribution in [2.75, 3.05) is 26.2 Å². The molecule has 7 nitrogen and oxygen atoms in total. The van der Waals surface area contributed by atoms with E-state index in [1.807, 2.05) is 47.1 Å². The van der Waals surface area contributed by atoms with Gasteiger partial charge >= 0.3 is 0 Å². The number of carbonyl (C=O) groups is 2. The standard InChI is InChI=1S/C24H30N4O3/c1-16(2)28-22(29)20-9-5-4-8-19(20)21(23(30)27-10-6-7-11-27)24(28)14-26(15-24)13-18-12-17(3)31-25-18/h4-5,8-9,12,16,21H,6-7,10-11,13-15H2,1-3H3. The van der Waals surface area contributed by atoms with E-state index < -0.39 is 5.54 Å². The molecule has 5 rings (SSSR count). The number of nitrogens with zero attached hydrogens (tertiary/aromatic N) is 4. The highest BCUT2D eigenvalue weighted by Gasteiger charge is 2.61. The van der Waals surface area contributed by atoms with Gasteiger partial charge in [0.05, 0.1) is 17.2 Å². The van der Waals surface area contributed by atoms with Crippen molar-refractivity contribution in [3.05, 3.63) is 52.9 Å². The van der Waals surface area contributed by atoms with Crippen LogP contribution in [-0.2, 0) is 11.3 Å². The molecule has 1 unspecified atom stereocenters. The Morgan fingerprint density at radius 3 is 2.58 bits per heavy atom. The zero-order valence-electron chi connectivity index (χ0n) is 18.5. The minimum Gasteiger partial charge on any atom is -0.361 e. The van der Waals surface area contributed by atoms with Crippen molar-refractivity contribution >= 4 is 11.8 Å². The third-order valence-corrected chi connectivity index (χ3v) is 6.98. The first kappa shape index (κ1) is 20.2. The summed E-state index contributed by atoms with van der Waals surface area (Å²) in [7, 11) is 0. The Morgan fingerprint density at radius 1 is 1.23 bits per heavy atom. The van der Waals surface area contributed by atoms with Crippen LogP contribution in [-0.4, -0.2) is 69.4 Å². The van der Waals surface area contributed by atoms with E-state index in [1.54, 1.807) is 0 Å². The van der Waals surface area contributed by atoms with Crippen LogP contribution in [0.15, 0.2) is 34.9 Å². The minimum absolute atomic E-state index is 0.00572. The summed E-state index contributed by atoms with van der Waals surface area (Å²) in [5.74, 6) is 0.656. The summed E-state index contributed by atoms with van der Waals surface area (Å²) in [5.41, 5.74) is 1.91. The fourth-order valence-electron chi connectivity index (χ4n) is 5.83. The molecule has 0 radical (unpaired) electrons. The molecular weight excluding hydrogens is 392 g/mol. The minimum atomic E-state index is -0.530. The highest BCUT2D eigenvalue weighted by molar-refractivity contribution is 6.02. The molecule has 0 saturated carbocycles. The fraction of sp³-hybridized carbons (Fsp3) is 0.542. The molecule has 2 amide bonds. The fourth-order valence-corrected chi connectivity index (χ4v) is 5.83. The van der Waals surface area contributed by atoms with Gasteiger partial charge in [0.2, 0.25) is 5.91 Å². The maximum atomic E-state index is 13.9. The molecule has 4 heterocycles. The van der Waals surface area contributed by atoms with Gasteiger partial charge in [-0.25, -0.2) is 0 Å². The monoisotopic (exact) mass is 422 g/mol. The van der Waals surface area contributed by atoms with Crippen LogP contribution in [0, 0.1) is 6.92 Å². The first-order chi connectivity index (χ1) is 14.9. The molecule has 7 heteroatoms. The van der Waals surface area contributed by atoms with E-state index in [1.165, 1.54) is 0 Å². The summed E-state index contributed by atoms with van der Waals surface area (Å²) in [6.07, 6.45) is 2.11. The molecule has 1 aromatic carbocycles. The zero-order valence-corrected chi connectivity index (χ0v) is 18.5. The zero-order chi connectivity index (χ0) is 21.8. The lowest BCUT2D eigenvalue weighted by atomic mass is 9.67. The van der Waals surface area contributed by atoms with E-state index in [0.29, 0.717) is 25.2 Å². The maximum Gasteiger partial charge on any atom is 0.254 e. The number of rotatable bonds is 4. The van der Waals surface area contributed by atoms with Crippen LogP contribution < -0.4 is 0 Å². The summed E-state index contributed by atoms with van der Waals surface area (Å²) >= 11 is 0. The number of likely N-dealkylation sites (tertiary alicyclic amines) is 2. The van der Waals surface area contributed by atoms with Gasteiger partial charge in [-0.2, -0.15) is 0 Å². The van der Waals surface area contributed by atoms with Crippen molar-refractivity contribution in [3.63, 3.8) is 0 Å². The predicted octanol–water partition coefficient (Wildman–Crippen LogP) is 2.81. The van der Waals surface area contributed by atoms with E-state index in [-0.39, 0.29) is 23.8 Å². The normalized spacial score (nSPS) is 22.8. The largest absolute Gasteiger partial charge is 0.361 e. The summed E-state index contributed by atoms with van der Waals surface area (Å²) < 4.78 is 5.22. The Labute approximate surface area is 183 Å². The average Bonchev–Trinajstić information content (AvgIpc) is 3.38. The second kappa shape index (κ2) is 7.48. The van der Waals surface area contributed by atoms with Gasteiger partial charge in [0.25, 0.3) is 5.91 Å². The van der Waals surface area contributed by atoms with Crippen LogP contribution in [0.1, 0.15) is 60.0 Å². The van der Waals surface area contributed by atoms with Gasteiger partial charge < -0.3 is 14.3 Å². The SMILES string of the molecule is Cc1cc(CN2CC3(C2)C(C(=O)N2CCCC2)c2ccccc2C(=O)N3C(C)C)no1. The van der Waals surface area contributed by atoms with Gasteiger partial charge in [0, 0.05) is 50.4 Å². The molecule has 2 fully saturated rings. The van der Waals surface area contributed by atoms with Gasteiger partial charge in [-0.1, -0.05) is 23.4 Å². The molecule has 1 atom stereocenters. The Morgan fingerprint density at radius 2 is 1.94 bits per heavy atom. The van der Waals surface area contributed by atoms with Crippen LogP contribution in [0.3, 0.4) is 0 Å². The molecule has 0 N–H and O–H groups in total. The number of amides is 2. The third-order valence-electron chi connectivity index (χ3n) is 6.98.